The molecule has 1 amide bonds. The highest BCUT2D eigenvalue weighted by molar-refractivity contribution is 6.31. The molecular formula is C26H21ClN2O4. The Kier molecular flexibility index (Phi) is 6.76. The molecule has 7 heteroatoms. The smallest absolute Gasteiger partial charge is 0.275 e. The topological polar surface area (TPSA) is 80.2 Å². The van der Waals surface area contributed by atoms with E-state index < -0.39 is 5.91 Å². The summed E-state index contributed by atoms with van der Waals surface area (Å²) < 4.78 is 11.3. The van der Waals surface area contributed by atoms with Gasteiger partial charge in [-0.3, -0.25) is 4.79 Å². The summed E-state index contributed by atoms with van der Waals surface area (Å²) in [5, 5.41) is 16.5. The molecule has 0 atom stereocenters. The van der Waals surface area contributed by atoms with Gasteiger partial charge in [0.2, 0.25) is 0 Å². The summed E-state index contributed by atoms with van der Waals surface area (Å²) >= 11 is 6.18. The SMILES string of the molecule is COc1cc(C=NNC(=O)c2cc3ccccc3cc2O)ccc1OCc1ccccc1Cl. The van der Waals surface area contributed by atoms with Crippen LogP contribution in [0, 0.1) is 0 Å². The Morgan fingerprint density at radius 2 is 1.73 bits per heavy atom. The van der Waals surface area contributed by atoms with Crippen molar-refractivity contribution in [2.24, 2.45) is 5.10 Å². The van der Waals surface area contributed by atoms with Crippen LogP contribution in [0.4, 0.5) is 0 Å². The van der Waals surface area contributed by atoms with Crippen molar-refractivity contribution in [1.82, 2.24) is 5.43 Å². The number of hydrazone groups is 1. The number of fused-ring (bicyclic) bond motifs is 1. The molecule has 0 heterocycles. The second-order valence-corrected chi connectivity index (χ2v) is 7.61. The zero-order chi connectivity index (χ0) is 23.2. The van der Waals surface area contributed by atoms with Gasteiger partial charge in [0, 0.05) is 10.6 Å². The van der Waals surface area contributed by atoms with Crippen molar-refractivity contribution in [2.75, 3.05) is 7.11 Å². The second-order valence-electron chi connectivity index (χ2n) is 7.21. The van der Waals surface area contributed by atoms with Crippen molar-refractivity contribution in [2.45, 2.75) is 6.61 Å². The van der Waals surface area contributed by atoms with E-state index in [1.54, 1.807) is 37.4 Å². The van der Waals surface area contributed by atoms with Crippen LogP contribution in [-0.4, -0.2) is 24.3 Å². The van der Waals surface area contributed by atoms with Gasteiger partial charge in [-0.05, 0) is 52.7 Å². The Bertz CT molecular complexity index is 1340. The minimum Gasteiger partial charge on any atom is -0.507 e. The highest BCUT2D eigenvalue weighted by Gasteiger charge is 2.12. The molecule has 0 saturated carbocycles. The third-order valence-corrected chi connectivity index (χ3v) is 5.39. The zero-order valence-corrected chi connectivity index (χ0v) is 18.5. The van der Waals surface area contributed by atoms with Crippen molar-refractivity contribution in [1.29, 1.82) is 0 Å². The lowest BCUT2D eigenvalue weighted by molar-refractivity contribution is 0.0952. The van der Waals surface area contributed by atoms with E-state index in [4.69, 9.17) is 21.1 Å². The van der Waals surface area contributed by atoms with Gasteiger partial charge in [0.1, 0.15) is 12.4 Å². The van der Waals surface area contributed by atoms with E-state index in [0.717, 1.165) is 16.3 Å². The highest BCUT2D eigenvalue weighted by atomic mass is 35.5. The number of carbonyl (C=O) groups is 1. The number of nitrogens with one attached hydrogen (secondary N) is 1. The summed E-state index contributed by atoms with van der Waals surface area (Å²) in [5.74, 6) is 0.452. The van der Waals surface area contributed by atoms with Gasteiger partial charge in [-0.2, -0.15) is 5.10 Å². The minimum atomic E-state index is -0.513. The van der Waals surface area contributed by atoms with Crippen LogP contribution in [0.2, 0.25) is 5.02 Å². The van der Waals surface area contributed by atoms with Crippen molar-refractivity contribution < 1.29 is 19.4 Å². The summed E-state index contributed by atoms with van der Waals surface area (Å²) in [6, 6.07) is 23.4. The number of hydrogen-bond acceptors (Lipinski definition) is 5. The Hall–Kier alpha value is -4.03. The number of methoxy groups -OCH3 is 1. The molecule has 166 valence electrons. The lowest BCUT2D eigenvalue weighted by atomic mass is 10.1. The molecule has 6 nitrogen and oxygen atoms in total. The van der Waals surface area contributed by atoms with Gasteiger partial charge in [0.15, 0.2) is 11.5 Å². The number of hydrogen-bond donors (Lipinski definition) is 2. The molecule has 0 aliphatic carbocycles. The van der Waals surface area contributed by atoms with Crippen LogP contribution in [0.1, 0.15) is 21.5 Å². The molecule has 0 spiro atoms. The van der Waals surface area contributed by atoms with Crippen LogP contribution in [0.3, 0.4) is 0 Å². The molecule has 0 aliphatic rings. The first-order chi connectivity index (χ1) is 16.0. The van der Waals surface area contributed by atoms with E-state index in [9.17, 15) is 9.90 Å². The van der Waals surface area contributed by atoms with Crippen LogP contribution >= 0.6 is 11.6 Å². The van der Waals surface area contributed by atoms with Gasteiger partial charge >= 0.3 is 0 Å². The Morgan fingerprint density at radius 3 is 2.48 bits per heavy atom. The van der Waals surface area contributed by atoms with Crippen LogP contribution in [-0.2, 0) is 6.61 Å². The number of amides is 1. The number of rotatable bonds is 7. The van der Waals surface area contributed by atoms with Crippen molar-refractivity contribution in [3.8, 4) is 17.2 Å². The van der Waals surface area contributed by atoms with Gasteiger partial charge in [0.05, 0.1) is 18.9 Å². The molecule has 2 N–H and O–H groups in total. The van der Waals surface area contributed by atoms with E-state index in [0.29, 0.717) is 28.7 Å². The summed E-state index contributed by atoms with van der Waals surface area (Å²) in [6.07, 6.45) is 1.48. The summed E-state index contributed by atoms with van der Waals surface area (Å²) in [4.78, 5) is 12.5. The highest BCUT2D eigenvalue weighted by Crippen LogP contribution is 2.29. The molecular weight excluding hydrogens is 440 g/mol. The molecule has 0 unspecified atom stereocenters. The fourth-order valence-corrected chi connectivity index (χ4v) is 3.48. The Balaban J connectivity index is 1.43. The van der Waals surface area contributed by atoms with E-state index >= 15 is 0 Å². The molecule has 4 aromatic rings. The van der Waals surface area contributed by atoms with Crippen LogP contribution in [0.25, 0.3) is 10.8 Å². The van der Waals surface area contributed by atoms with Crippen molar-refractivity contribution in [3.05, 3.63) is 101 Å². The maximum Gasteiger partial charge on any atom is 0.275 e. The summed E-state index contributed by atoms with van der Waals surface area (Å²) in [6.45, 7) is 0.300. The zero-order valence-electron chi connectivity index (χ0n) is 17.8. The maximum absolute atomic E-state index is 12.5. The number of phenols is 1. The number of carbonyl (C=O) groups excluding carboxylic acids is 1. The Morgan fingerprint density at radius 1 is 1.00 bits per heavy atom. The molecule has 4 aromatic carbocycles. The number of phenolic OH excluding ortho intramolecular Hbond substituents is 1. The van der Waals surface area contributed by atoms with E-state index in [1.165, 1.54) is 6.21 Å². The number of halogens is 1. The number of benzene rings is 4. The fourth-order valence-electron chi connectivity index (χ4n) is 3.29. The standard InChI is InChI=1S/C26H21ClN2O4/c1-32-25-12-17(10-11-24(25)33-16-20-8-4-5-9-22(20)27)15-28-29-26(31)21-13-18-6-2-3-7-19(18)14-23(21)30/h2-15,30H,16H2,1H3,(H,29,31). The maximum atomic E-state index is 12.5. The number of aromatic hydroxyl groups is 1. The van der Waals surface area contributed by atoms with Gasteiger partial charge < -0.3 is 14.6 Å². The lowest BCUT2D eigenvalue weighted by Gasteiger charge is -2.12. The van der Waals surface area contributed by atoms with Crippen LogP contribution in [0.15, 0.2) is 84.0 Å². The third kappa shape index (κ3) is 5.25. The van der Waals surface area contributed by atoms with Crippen molar-refractivity contribution in [3.63, 3.8) is 0 Å². The molecule has 4 rings (SSSR count). The van der Waals surface area contributed by atoms with E-state index in [1.807, 2.05) is 48.5 Å². The second kappa shape index (κ2) is 10.1. The van der Waals surface area contributed by atoms with Crippen LogP contribution in [0.5, 0.6) is 17.2 Å². The molecule has 0 aromatic heterocycles. The number of nitrogens with zero attached hydrogens (tertiary/aromatic N) is 1. The van der Waals surface area contributed by atoms with E-state index in [2.05, 4.69) is 10.5 Å². The monoisotopic (exact) mass is 460 g/mol. The minimum absolute atomic E-state index is 0.108. The predicted molar refractivity (Wildman–Crippen MR) is 129 cm³/mol. The Labute approximate surface area is 196 Å². The number of ether oxygens (including phenoxy) is 2. The van der Waals surface area contributed by atoms with Gasteiger partial charge in [-0.15, -0.1) is 0 Å². The first-order valence-electron chi connectivity index (χ1n) is 10.1. The average molecular weight is 461 g/mol. The van der Waals surface area contributed by atoms with Gasteiger partial charge in [-0.1, -0.05) is 54.1 Å². The lowest BCUT2D eigenvalue weighted by Crippen LogP contribution is -2.17. The fraction of sp³-hybridized carbons (Fsp3) is 0.0769. The normalized spacial score (nSPS) is 11.0. The van der Waals surface area contributed by atoms with Gasteiger partial charge in [0.25, 0.3) is 5.91 Å². The largest absolute Gasteiger partial charge is 0.507 e. The third-order valence-electron chi connectivity index (χ3n) is 5.02. The van der Waals surface area contributed by atoms with Gasteiger partial charge in [-0.25, -0.2) is 5.43 Å². The molecule has 0 radical (unpaired) electrons. The average Bonchev–Trinajstić information content (AvgIpc) is 2.83. The molecule has 0 saturated heterocycles. The van der Waals surface area contributed by atoms with Crippen molar-refractivity contribution >= 4 is 34.5 Å². The summed E-state index contributed by atoms with van der Waals surface area (Å²) in [5.41, 5.74) is 4.15. The molecule has 0 fully saturated rings. The first kappa shape index (κ1) is 22.2. The van der Waals surface area contributed by atoms with E-state index in [-0.39, 0.29) is 11.3 Å². The molecule has 33 heavy (non-hydrogen) atoms. The molecule has 0 aliphatic heterocycles. The van der Waals surface area contributed by atoms with Crippen LogP contribution < -0.4 is 14.9 Å². The molecule has 0 bridgehead atoms. The predicted octanol–water partition coefficient (Wildman–Crippen LogP) is 5.55. The summed E-state index contributed by atoms with van der Waals surface area (Å²) in [7, 11) is 1.54. The first-order valence-corrected chi connectivity index (χ1v) is 10.5. The quantitative estimate of drug-likeness (QED) is 0.280.